The number of rotatable bonds is 5. The van der Waals surface area contributed by atoms with Crippen LogP contribution in [0.4, 0.5) is 0 Å². The third-order valence-electron chi connectivity index (χ3n) is 3.52. The Morgan fingerprint density at radius 3 is 1.15 bits per heavy atom. The van der Waals surface area contributed by atoms with Crippen molar-refractivity contribution in [3.05, 3.63) is 131 Å². The molecule has 0 atom stereocenters. The minimum absolute atomic E-state index is 0. The first kappa shape index (κ1) is 30.8. The van der Waals surface area contributed by atoms with E-state index < -0.39 is 10.1 Å². The van der Waals surface area contributed by atoms with Gasteiger partial charge in [0.05, 0.1) is 5.41 Å². The molecule has 3 rings (SSSR count). The molecule has 33 heavy (non-hydrogen) atoms. The fourth-order valence-electron chi connectivity index (χ4n) is 2.19. The summed E-state index contributed by atoms with van der Waals surface area (Å²) in [6.07, 6.45) is 9.64. The molecule has 0 aromatic heterocycles. The Bertz CT molecular complexity index is 1010. The van der Waals surface area contributed by atoms with E-state index in [2.05, 4.69) is 69.3 Å². The zero-order chi connectivity index (χ0) is 23.7. The summed E-state index contributed by atoms with van der Waals surface area (Å²) in [7, 11) is -4.00. The topological polar surface area (TPSA) is 54.4 Å². The summed E-state index contributed by atoms with van der Waals surface area (Å²) >= 11 is 0. The van der Waals surface area contributed by atoms with E-state index in [1.807, 2.05) is 42.5 Å². The standard InChI is InChI=1S/C16H14.C8H8O3S.C4H9.Na/c1-3-9-15(10-4-1)13-7-8-14-16-11-5-2-6-12-16;9-12(10,11)7-6-8-4-2-1-3-5-8;1-4(2)3;/h1-14H;1-7H,(H,9,10,11);1-3H3;/q;;-1;+1. The first-order chi connectivity index (χ1) is 15.3. The molecule has 0 fully saturated rings. The Kier molecular flexibility index (Phi) is 17.0. The Balaban J connectivity index is 0.000000536. The molecule has 0 aliphatic carbocycles. The molecule has 168 valence electrons. The van der Waals surface area contributed by atoms with Crippen LogP contribution < -0.4 is 29.6 Å². The van der Waals surface area contributed by atoms with Gasteiger partial charge in [-0.3, -0.25) is 4.55 Å². The molecule has 0 aliphatic rings. The van der Waals surface area contributed by atoms with Crippen molar-refractivity contribution in [2.24, 2.45) is 0 Å². The number of hydrogen-bond acceptors (Lipinski definition) is 2. The molecule has 0 amide bonds. The van der Waals surface area contributed by atoms with Gasteiger partial charge in [-0.1, -0.05) is 115 Å². The maximum absolute atomic E-state index is 10.3. The maximum Gasteiger partial charge on any atom is 1.00 e. The van der Waals surface area contributed by atoms with E-state index in [9.17, 15) is 8.42 Å². The molecule has 0 saturated carbocycles. The Hall–Kier alpha value is -2.21. The predicted octanol–water partition coefficient (Wildman–Crippen LogP) is 4.58. The van der Waals surface area contributed by atoms with Crippen molar-refractivity contribution in [2.75, 3.05) is 0 Å². The quantitative estimate of drug-likeness (QED) is 0.257. The average molecular weight is 471 g/mol. The summed E-state index contributed by atoms with van der Waals surface area (Å²) in [6.45, 7) is 6.25. The Morgan fingerprint density at radius 2 is 0.879 bits per heavy atom. The van der Waals surface area contributed by atoms with Crippen LogP contribution in [0.25, 0.3) is 18.2 Å². The van der Waals surface area contributed by atoms with Gasteiger partial charge < -0.3 is 5.92 Å². The molecule has 0 unspecified atom stereocenters. The van der Waals surface area contributed by atoms with Crippen molar-refractivity contribution in [3.63, 3.8) is 0 Å². The number of benzene rings is 3. The Labute approximate surface area is 221 Å². The van der Waals surface area contributed by atoms with Crippen molar-refractivity contribution in [3.8, 4) is 0 Å². The molecule has 3 nitrogen and oxygen atoms in total. The summed E-state index contributed by atoms with van der Waals surface area (Å²) in [6, 6.07) is 29.4. The smallest absolute Gasteiger partial charge is 0.323 e. The van der Waals surface area contributed by atoms with Gasteiger partial charge in [0.1, 0.15) is 0 Å². The minimum atomic E-state index is -4.00. The second-order valence-corrected chi connectivity index (χ2v) is 8.57. The van der Waals surface area contributed by atoms with Gasteiger partial charge in [-0.05, 0) is 22.8 Å². The van der Waals surface area contributed by atoms with Crippen LogP contribution in [-0.4, -0.2) is 13.0 Å². The van der Waals surface area contributed by atoms with Crippen LogP contribution >= 0.6 is 0 Å². The molecule has 1 N–H and O–H groups in total. The van der Waals surface area contributed by atoms with Crippen LogP contribution in [0.5, 0.6) is 0 Å². The van der Waals surface area contributed by atoms with Crippen molar-refractivity contribution < 1.29 is 42.5 Å². The molecule has 0 aliphatic heterocycles. The summed E-state index contributed by atoms with van der Waals surface area (Å²) in [5.41, 5.74) is 3.18. The zero-order valence-electron chi connectivity index (χ0n) is 19.8. The Morgan fingerprint density at radius 1 is 0.606 bits per heavy atom. The maximum atomic E-state index is 10.3. The second kappa shape index (κ2) is 18.2. The van der Waals surface area contributed by atoms with E-state index in [1.54, 1.807) is 24.3 Å². The van der Waals surface area contributed by atoms with Crippen LogP contribution in [-0.2, 0) is 10.1 Å². The number of hydrogen-bond donors (Lipinski definition) is 1. The predicted molar refractivity (Wildman–Crippen MR) is 138 cm³/mol. The summed E-state index contributed by atoms with van der Waals surface area (Å²) in [5.74, 6) is 1.42. The van der Waals surface area contributed by atoms with Gasteiger partial charge in [0.15, 0.2) is 0 Å². The third-order valence-corrected chi connectivity index (χ3v) is 4.00. The summed E-state index contributed by atoms with van der Waals surface area (Å²) in [5, 5.41) is 0.752. The van der Waals surface area contributed by atoms with E-state index in [-0.39, 0.29) is 29.6 Å². The SMILES string of the molecule is C(C=Cc1ccccc1)=Cc1ccccc1.C[C-](C)C.O=S(=O)(O)C=Cc1ccccc1.[Na+]. The first-order valence-electron chi connectivity index (χ1n) is 10.2. The van der Waals surface area contributed by atoms with Gasteiger partial charge in [0.2, 0.25) is 0 Å². The molecule has 3 aromatic rings. The van der Waals surface area contributed by atoms with Crippen LogP contribution in [0.2, 0.25) is 0 Å². The number of allylic oxidation sites excluding steroid dienone is 2. The van der Waals surface area contributed by atoms with Crippen LogP contribution in [0, 0.1) is 5.92 Å². The molecular weight excluding hydrogens is 439 g/mol. The van der Waals surface area contributed by atoms with Gasteiger partial charge >= 0.3 is 29.6 Å². The van der Waals surface area contributed by atoms with E-state index in [0.29, 0.717) is 0 Å². The monoisotopic (exact) mass is 470 g/mol. The van der Waals surface area contributed by atoms with Crippen LogP contribution in [0.3, 0.4) is 0 Å². The van der Waals surface area contributed by atoms with Crippen molar-refractivity contribution >= 4 is 28.3 Å². The van der Waals surface area contributed by atoms with Crippen LogP contribution in [0.1, 0.15) is 37.5 Å². The summed E-state index contributed by atoms with van der Waals surface area (Å²) in [4.78, 5) is 0. The van der Waals surface area contributed by atoms with Gasteiger partial charge in [0.25, 0.3) is 10.1 Å². The van der Waals surface area contributed by atoms with Crippen molar-refractivity contribution in [2.45, 2.75) is 20.8 Å². The van der Waals surface area contributed by atoms with Crippen molar-refractivity contribution in [1.82, 2.24) is 0 Å². The molecule has 0 bridgehead atoms. The fourth-order valence-corrected chi connectivity index (χ4v) is 2.52. The van der Waals surface area contributed by atoms with Crippen LogP contribution in [0.15, 0.2) is 109 Å². The third kappa shape index (κ3) is 19.0. The van der Waals surface area contributed by atoms with Gasteiger partial charge in [-0.15, -0.1) is 0 Å². The van der Waals surface area contributed by atoms with Gasteiger partial charge in [-0.25, -0.2) is 0 Å². The van der Waals surface area contributed by atoms with E-state index in [4.69, 9.17) is 4.55 Å². The molecule has 0 heterocycles. The molecule has 0 radical (unpaired) electrons. The molecule has 5 heteroatoms. The van der Waals surface area contributed by atoms with E-state index >= 15 is 0 Å². The molecule has 3 aromatic carbocycles. The second-order valence-electron chi connectivity index (χ2n) is 7.27. The average Bonchev–Trinajstić information content (AvgIpc) is 2.77. The molecule has 0 saturated heterocycles. The van der Waals surface area contributed by atoms with Gasteiger partial charge in [-0.2, -0.15) is 29.2 Å². The minimum Gasteiger partial charge on any atom is -0.323 e. The van der Waals surface area contributed by atoms with Gasteiger partial charge in [0, 0.05) is 0 Å². The normalized spacial score (nSPS) is 10.9. The molecular formula is C28H31NaO3S. The van der Waals surface area contributed by atoms with E-state index in [0.717, 1.165) is 11.0 Å². The fraction of sp³-hybridized carbons (Fsp3) is 0.107. The largest absolute Gasteiger partial charge is 1.00 e. The zero-order valence-corrected chi connectivity index (χ0v) is 22.6. The van der Waals surface area contributed by atoms with Crippen molar-refractivity contribution in [1.29, 1.82) is 0 Å². The summed E-state index contributed by atoms with van der Waals surface area (Å²) < 4.78 is 28.9. The molecule has 0 spiro atoms. The first-order valence-corrected chi connectivity index (χ1v) is 11.7. The van der Waals surface area contributed by atoms with E-state index in [1.165, 1.54) is 23.1 Å².